The van der Waals surface area contributed by atoms with Gasteiger partial charge in [0.2, 0.25) is 11.8 Å². The third kappa shape index (κ3) is 4.70. The molecule has 0 bridgehead atoms. The number of hydrogen-bond acceptors (Lipinski definition) is 5. The molecular formula is C25H27FN4O4. The van der Waals surface area contributed by atoms with Crippen molar-refractivity contribution in [3.05, 3.63) is 65.5 Å². The Morgan fingerprint density at radius 3 is 2.00 bits per heavy atom. The minimum atomic E-state index is -0.888. The van der Waals surface area contributed by atoms with Crippen LogP contribution in [-0.2, 0) is 9.59 Å². The van der Waals surface area contributed by atoms with Crippen molar-refractivity contribution in [3.63, 3.8) is 0 Å². The van der Waals surface area contributed by atoms with Crippen molar-refractivity contribution in [3.8, 4) is 0 Å². The van der Waals surface area contributed by atoms with Gasteiger partial charge < -0.3 is 10.2 Å². The van der Waals surface area contributed by atoms with Crippen molar-refractivity contribution in [2.45, 2.75) is 19.9 Å². The average molecular weight is 467 g/mol. The molecule has 2 aromatic rings. The first-order valence-corrected chi connectivity index (χ1v) is 11.3. The monoisotopic (exact) mass is 466 g/mol. The number of nitrogens with zero attached hydrogens (tertiary/aromatic N) is 3. The summed E-state index contributed by atoms with van der Waals surface area (Å²) in [6, 6.07) is 11.3. The van der Waals surface area contributed by atoms with E-state index in [9.17, 15) is 23.6 Å². The van der Waals surface area contributed by atoms with Gasteiger partial charge in [0.05, 0.1) is 17.7 Å². The number of fused-ring (bicyclic) bond motifs is 1. The molecule has 2 aromatic carbocycles. The van der Waals surface area contributed by atoms with Gasteiger partial charge in [0.15, 0.2) is 0 Å². The lowest BCUT2D eigenvalue weighted by molar-refractivity contribution is -0.138. The van der Waals surface area contributed by atoms with E-state index in [1.807, 2.05) is 18.7 Å². The van der Waals surface area contributed by atoms with Gasteiger partial charge in [-0.05, 0) is 42.3 Å². The highest BCUT2D eigenvalue weighted by Crippen LogP contribution is 2.28. The van der Waals surface area contributed by atoms with E-state index in [1.54, 1.807) is 29.2 Å². The second-order valence-electron chi connectivity index (χ2n) is 8.87. The fraction of sp³-hybridized carbons (Fsp3) is 0.360. The second-order valence-corrected chi connectivity index (χ2v) is 8.87. The van der Waals surface area contributed by atoms with Gasteiger partial charge in [0, 0.05) is 31.9 Å². The van der Waals surface area contributed by atoms with E-state index in [0.29, 0.717) is 43.0 Å². The van der Waals surface area contributed by atoms with Crippen LogP contribution in [0.15, 0.2) is 48.5 Å². The number of piperazine rings is 1. The number of rotatable bonds is 6. The van der Waals surface area contributed by atoms with Gasteiger partial charge in [0.25, 0.3) is 11.8 Å². The predicted octanol–water partition coefficient (Wildman–Crippen LogP) is 2.23. The third-order valence-corrected chi connectivity index (χ3v) is 6.17. The van der Waals surface area contributed by atoms with Crippen LogP contribution in [0.1, 0.15) is 34.6 Å². The largest absolute Gasteiger partial charge is 0.338 e. The lowest BCUT2D eigenvalue weighted by atomic mass is 10.0. The summed E-state index contributed by atoms with van der Waals surface area (Å²) in [4.78, 5) is 56.3. The SMILES string of the molecule is CC(C)C(C(=O)N1CCN(CC(=O)Nc2ccc(F)cc2)CC1)N1C(=O)c2ccccc2C1=O. The molecule has 8 nitrogen and oxygen atoms in total. The fourth-order valence-corrected chi connectivity index (χ4v) is 4.40. The highest BCUT2D eigenvalue weighted by molar-refractivity contribution is 6.22. The van der Waals surface area contributed by atoms with Crippen LogP contribution in [0.5, 0.6) is 0 Å². The number of carbonyl (C=O) groups excluding carboxylic acids is 4. The molecule has 2 heterocycles. The molecular weight excluding hydrogens is 439 g/mol. The van der Waals surface area contributed by atoms with Crippen LogP contribution in [-0.4, -0.2) is 77.1 Å². The van der Waals surface area contributed by atoms with Gasteiger partial charge >= 0.3 is 0 Å². The minimum absolute atomic E-state index is 0.144. The van der Waals surface area contributed by atoms with Gasteiger partial charge in [-0.15, -0.1) is 0 Å². The molecule has 4 rings (SSSR count). The summed E-state index contributed by atoms with van der Waals surface area (Å²) in [5.74, 6) is -2.00. The summed E-state index contributed by atoms with van der Waals surface area (Å²) in [6.45, 7) is 5.52. The van der Waals surface area contributed by atoms with E-state index >= 15 is 0 Å². The molecule has 178 valence electrons. The van der Waals surface area contributed by atoms with E-state index in [2.05, 4.69) is 5.32 Å². The van der Waals surface area contributed by atoms with Gasteiger partial charge in [-0.25, -0.2) is 4.39 Å². The quantitative estimate of drug-likeness (QED) is 0.660. The first-order chi connectivity index (χ1) is 16.3. The van der Waals surface area contributed by atoms with Crippen molar-refractivity contribution < 1.29 is 23.6 Å². The van der Waals surface area contributed by atoms with Gasteiger partial charge in [-0.1, -0.05) is 26.0 Å². The zero-order chi connectivity index (χ0) is 24.4. The number of halogens is 1. The maximum Gasteiger partial charge on any atom is 0.262 e. The number of imide groups is 1. The van der Waals surface area contributed by atoms with Crippen molar-refractivity contribution in [2.24, 2.45) is 5.92 Å². The lowest BCUT2D eigenvalue weighted by Crippen LogP contribution is -2.58. The van der Waals surface area contributed by atoms with Gasteiger partial charge in [0.1, 0.15) is 11.9 Å². The molecule has 1 saturated heterocycles. The van der Waals surface area contributed by atoms with Crippen molar-refractivity contribution in [1.82, 2.24) is 14.7 Å². The molecule has 1 fully saturated rings. The summed E-state index contributed by atoms with van der Waals surface area (Å²) in [6.07, 6.45) is 0. The summed E-state index contributed by atoms with van der Waals surface area (Å²) in [5.41, 5.74) is 1.16. The zero-order valence-electron chi connectivity index (χ0n) is 19.2. The number of nitrogens with one attached hydrogen (secondary N) is 1. The first-order valence-electron chi connectivity index (χ1n) is 11.3. The summed E-state index contributed by atoms with van der Waals surface area (Å²) in [5, 5.41) is 2.73. The van der Waals surface area contributed by atoms with Crippen LogP contribution in [0.4, 0.5) is 10.1 Å². The van der Waals surface area contributed by atoms with Crippen LogP contribution in [0.3, 0.4) is 0 Å². The minimum Gasteiger partial charge on any atom is -0.338 e. The highest BCUT2D eigenvalue weighted by atomic mass is 19.1. The molecule has 0 radical (unpaired) electrons. The smallest absolute Gasteiger partial charge is 0.262 e. The maximum atomic E-state index is 13.4. The van der Waals surface area contributed by atoms with Crippen LogP contribution < -0.4 is 5.32 Å². The molecule has 0 aliphatic carbocycles. The third-order valence-electron chi connectivity index (χ3n) is 6.17. The topological polar surface area (TPSA) is 90.0 Å². The van der Waals surface area contributed by atoms with Gasteiger partial charge in [-0.3, -0.25) is 29.0 Å². The van der Waals surface area contributed by atoms with E-state index in [4.69, 9.17) is 0 Å². The molecule has 1 atom stereocenters. The normalized spacial score (nSPS) is 17.2. The number of carbonyl (C=O) groups is 4. The molecule has 34 heavy (non-hydrogen) atoms. The summed E-state index contributed by atoms with van der Waals surface area (Å²) >= 11 is 0. The molecule has 1 N–H and O–H groups in total. The number of hydrogen-bond donors (Lipinski definition) is 1. The Labute approximate surface area is 197 Å². The Balaban J connectivity index is 1.36. The second kappa shape index (κ2) is 9.72. The number of benzene rings is 2. The van der Waals surface area contributed by atoms with Crippen LogP contribution in [0.25, 0.3) is 0 Å². The van der Waals surface area contributed by atoms with E-state index < -0.39 is 17.9 Å². The summed E-state index contributed by atoms with van der Waals surface area (Å²) in [7, 11) is 0. The molecule has 0 saturated carbocycles. The summed E-state index contributed by atoms with van der Waals surface area (Å²) < 4.78 is 13.0. The van der Waals surface area contributed by atoms with Gasteiger partial charge in [-0.2, -0.15) is 0 Å². The van der Waals surface area contributed by atoms with Crippen molar-refractivity contribution >= 4 is 29.3 Å². The molecule has 9 heteroatoms. The van der Waals surface area contributed by atoms with Crippen LogP contribution in [0, 0.1) is 11.7 Å². The molecule has 2 aliphatic rings. The molecule has 2 aliphatic heterocycles. The van der Waals surface area contributed by atoms with E-state index in [-0.39, 0.29) is 30.1 Å². The Morgan fingerprint density at radius 1 is 0.912 bits per heavy atom. The molecule has 0 spiro atoms. The maximum absolute atomic E-state index is 13.4. The van der Waals surface area contributed by atoms with Crippen molar-refractivity contribution in [2.75, 3.05) is 38.0 Å². The van der Waals surface area contributed by atoms with Crippen molar-refractivity contribution in [1.29, 1.82) is 0 Å². The number of anilines is 1. The predicted molar refractivity (Wildman–Crippen MR) is 124 cm³/mol. The van der Waals surface area contributed by atoms with Crippen LogP contribution >= 0.6 is 0 Å². The zero-order valence-corrected chi connectivity index (χ0v) is 19.2. The standard InChI is InChI=1S/C25H27FN4O4/c1-16(2)22(30-23(32)19-5-3-4-6-20(19)24(30)33)25(34)29-13-11-28(12-14-29)15-21(31)27-18-9-7-17(26)8-10-18/h3-10,16,22H,11-15H2,1-2H3,(H,27,31). The van der Waals surface area contributed by atoms with E-state index in [0.717, 1.165) is 4.90 Å². The first kappa shape index (κ1) is 23.6. The fourth-order valence-electron chi connectivity index (χ4n) is 4.40. The average Bonchev–Trinajstić information content (AvgIpc) is 3.06. The van der Waals surface area contributed by atoms with Crippen LogP contribution in [0.2, 0.25) is 0 Å². The number of amides is 4. The Hall–Kier alpha value is -3.59. The Kier molecular flexibility index (Phi) is 6.74. The van der Waals surface area contributed by atoms with E-state index in [1.165, 1.54) is 24.3 Å². The molecule has 0 aromatic heterocycles. The highest BCUT2D eigenvalue weighted by Gasteiger charge is 2.45. The Bertz CT molecular complexity index is 1080. The Morgan fingerprint density at radius 2 is 1.47 bits per heavy atom. The lowest BCUT2D eigenvalue weighted by Gasteiger charge is -2.38. The molecule has 1 unspecified atom stereocenters. The molecule has 4 amide bonds.